The van der Waals surface area contributed by atoms with Gasteiger partial charge in [0.1, 0.15) is 0 Å². The molecule has 0 aliphatic heterocycles. The molecule has 0 bridgehead atoms. The van der Waals surface area contributed by atoms with Gasteiger partial charge in [-0.1, -0.05) is 0 Å². The number of hydrogen-bond acceptors (Lipinski definition) is 0. The summed E-state index contributed by atoms with van der Waals surface area (Å²) in [5.74, 6) is 36.5. The summed E-state index contributed by atoms with van der Waals surface area (Å²) in [5.41, 5.74) is 0. The van der Waals surface area contributed by atoms with Gasteiger partial charge in [-0.15, -0.1) is 0 Å². The van der Waals surface area contributed by atoms with E-state index in [1.54, 1.807) is 0 Å². The second kappa shape index (κ2) is 72.4. The van der Waals surface area contributed by atoms with Crippen LogP contribution in [0.3, 0.4) is 0 Å². The van der Waals surface area contributed by atoms with Crippen molar-refractivity contribution in [3.63, 3.8) is 0 Å². The minimum atomic E-state index is -0.333. The van der Waals surface area contributed by atoms with E-state index >= 15 is 0 Å². The monoisotopic (exact) mass is 758 g/mol. The van der Waals surface area contributed by atoms with Crippen LogP contribution in [0.5, 0.6) is 0 Å². The van der Waals surface area contributed by atoms with Crippen molar-refractivity contribution in [2.75, 3.05) is 0 Å². The second-order valence-corrected chi connectivity index (χ2v) is 28.6. The van der Waals surface area contributed by atoms with Crippen LogP contribution in [0.4, 0.5) is 0 Å². The van der Waals surface area contributed by atoms with E-state index < -0.39 is 0 Å². The molecule has 12 radical (unpaired) electrons. The molecule has 0 atom stereocenters. The summed E-state index contributed by atoms with van der Waals surface area (Å²) < 4.78 is 0. The zero-order chi connectivity index (χ0) is 20.7. The fraction of sp³-hybridized carbons (Fsp3) is 1.00. The van der Waals surface area contributed by atoms with Gasteiger partial charge in [0.25, 0.3) is 0 Å². The molecule has 0 nitrogen and oxygen atoms in total. The quantitative estimate of drug-likeness (QED) is 0.243. The van der Waals surface area contributed by atoms with Crippen LogP contribution < -0.4 is 0 Å². The van der Waals surface area contributed by atoms with Gasteiger partial charge in [-0.2, -0.15) is 0 Å². The first-order valence-electron chi connectivity index (χ1n) is 8.00. The van der Waals surface area contributed by atoms with Crippen molar-refractivity contribution in [3.8, 4) is 0 Å². The van der Waals surface area contributed by atoms with E-state index in [1.807, 2.05) is 0 Å². The molecule has 0 N–H and O–H groups in total. The maximum absolute atomic E-state index is 2.33. The fourth-order valence-corrected chi connectivity index (χ4v) is 0. The van der Waals surface area contributed by atoms with Crippen molar-refractivity contribution in [2.24, 2.45) is 0 Å². The Hall–Kier alpha value is 3.80. The van der Waals surface area contributed by atoms with Gasteiger partial charge in [-0.05, 0) is 0 Å². The normalized spacial score (nSPS) is 7.04. The van der Waals surface area contributed by atoms with Crippen LogP contribution in [0, 0.1) is 0 Å². The van der Waals surface area contributed by atoms with E-state index in [4.69, 9.17) is 0 Å². The molecule has 0 unspecified atom stereocenters. The summed E-state index contributed by atoms with van der Waals surface area (Å²) in [4.78, 5) is 0. The van der Waals surface area contributed by atoms with Crippen molar-refractivity contribution >= 4 is 106 Å². The van der Waals surface area contributed by atoms with Gasteiger partial charge in [-0.3, -0.25) is 0 Å². The van der Waals surface area contributed by atoms with E-state index in [0.717, 1.165) is 0 Å². The van der Waals surface area contributed by atoms with Gasteiger partial charge >= 0.3 is 198 Å². The van der Waals surface area contributed by atoms with E-state index in [-0.39, 0.29) is 28.7 Å². The van der Waals surface area contributed by atoms with Gasteiger partial charge < -0.3 is 0 Å². The van der Waals surface area contributed by atoms with Crippen LogP contribution in [0.2, 0.25) is 92.1 Å². The number of hydrogen-bond donors (Lipinski definition) is 0. The molecule has 0 rings (SSSR count). The Morgan fingerprint density at radius 1 is 0.304 bits per heavy atom. The van der Waals surface area contributed by atoms with Crippen molar-refractivity contribution in [1.82, 2.24) is 0 Å². The predicted molar refractivity (Wildman–Crippen MR) is 134 cm³/mol. The molecule has 0 saturated carbocycles. The molecule has 23 heavy (non-hydrogen) atoms. The van der Waals surface area contributed by atoms with Gasteiger partial charge in [0.2, 0.25) is 0 Å². The standard InChI is InChI=1S/2C3H9Ge.5C2H6Ge/c2*1-4(2)3;5*1-3-2/h2*1-3H3;5*1-2H3. The van der Waals surface area contributed by atoms with Crippen LogP contribution in [-0.4, -0.2) is 106 Å². The molecule has 0 amide bonds. The molecule has 0 aromatic carbocycles. The summed E-state index contributed by atoms with van der Waals surface area (Å²) in [6.45, 7) is 0. The second-order valence-electron chi connectivity index (χ2n) is 5.50. The Morgan fingerprint density at radius 2 is 0.304 bits per heavy atom. The molecular weight excluding hydrogens is 700 g/mol. The summed E-state index contributed by atoms with van der Waals surface area (Å²) in [6.07, 6.45) is 0. The zero-order valence-electron chi connectivity index (χ0n) is 19.5. The van der Waals surface area contributed by atoms with Crippen LogP contribution in [0.15, 0.2) is 0 Å². The van der Waals surface area contributed by atoms with Crippen LogP contribution in [-0.2, 0) is 0 Å². The molecule has 0 aromatic rings. The molecule has 0 aliphatic rings. The Kier molecular flexibility index (Phi) is 143. The first-order chi connectivity index (χ1) is 10.5. The predicted octanol–water partition coefficient (Wildman–Crippen LogP) is 6.68. The zero-order valence-corrected chi connectivity index (χ0v) is 34.2. The molecule has 0 spiro atoms. The van der Waals surface area contributed by atoms with E-state index in [9.17, 15) is 0 Å². The van der Waals surface area contributed by atoms with E-state index in [0.29, 0.717) is 77.2 Å². The molecular formula is C16H48Ge7. The maximum atomic E-state index is 2.33. The SMILES string of the molecule is [CH3][Ge]([CH3])[CH3].[CH3][Ge]([CH3])[CH3].[CH3][Ge][CH3].[CH3][Ge][CH3].[CH3][Ge][CH3].[CH3][Ge][CH3].[CH3][Ge][CH3]. The van der Waals surface area contributed by atoms with Gasteiger partial charge in [0, 0.05) is 0 Å². The summed E-state index contributed by atoms with van der Waals surface area (Å²) in [5, 5.41) is 0. The Morgan fingerprint density at radius 3 is 0.304 bits per heavy atom. The van der Waals surface area contributed by atoms with Crippen molar-refractivity contribution in [1.29, 1.82) is 0 Å². The third-order valence-electron chi connectivity index (χ3n) is 0. The third-order valence-corrected chi connectivity index (χ3v) is 0. The summed E-state index contributed by atoms with van der Waals surface area (Å²) in [7, 11) is 0. The molecule has 0 heterocycles. The Labute approximate surface area is 195 Å². The summed E-state index contributed by atoms with van der Waals surface area (Å²) in [6, 6.07) is 0. The van der Waals surface area contributed by atoms with Crippen LogP contribution in [0.25, 0.3) is 0 Å². The van der Waals surface area contributed by atoms with Crippen LogP contribution >= 0.6 is 0 Å². The van der Waals surface area contributed by atoms with Crippen molar-refractivity contribution < 1.29 is 0 Å². The molecule has 0 fully saturated rings. The average Bonchev–Trinajstić information content (AvgIpc) is 2.31. The third kappa shape index (κ3) is 1010. The molecule has 140 valence electrons. The van der Waals surface area contributed by atoms with E-state index in [2.05, 4.69) is 92.1 Å². The van der Waals surface area contributed by atoms with Crippen molar-refractivity contribution in [2.45, 2.75) is 92.1 Å². The van der Waals surface area contributed by atoms with Crippen molar-refractivity contribution in [3.05, 3.63) is 0 Å². The van der Waals surface area contributed by atoms with E-state index in [1.165, 1.54) is 0 Å². The van der Waals surface area contributed by atoms with Crippen LogP contribution in [0.1, 0.15) is 0 Å². The topological polar surface area (TPSA) is 0 Å². The molecule has 0 aliphatic carbocycles. The van der Waals surface area contributed by atoms with Gasteiger partial charge in [0.05, 0.1) is 0 Å². The van der Waals surface area contributed by atoms with Gasteiger partial charge in [-0.25, -0.2) is 0 Å². The first kappa shape index (κ1) is 45.5. The molecule has 7 heteroatoms. The van der Waals surface area contributed by atoms with Gasteiger partial charge in [0.15, 0.2) is 0 Å². The molecule has 0 saturated heterocycles. The molecule has 0 aromatic heterocycles. The summed E-state index contributed by atoms with van der Waals surface area (Å²) >= 11 is 1.83. The Balaban J connectivity index is -0.0000000261. The number of rotatable bonds is 0. The fourth-order valence-electron chi connectivity index (χ4n) is 0. The average molecular weight is 749 g/mol. The first-order valence-corrected chi connectivity index (χ1v) is 41.6. The Bertz CT molecular complexity index is 69.4. The minimum absolute atomic E-state index is 0.333.